The van der Waals surface area contributed by atoms with Crippen molar-refractivity contribution in [3.8, 4) is 5.75 Å². The minimum atomic E-state index is -1.09. The molecule has 2 aliphatic heterocycles. The lowest BCUT2D eigenvalue weighted by molar-refractivity contribution is -0.143. The third-order valence-corrected chi connectivity index (χ3v) is 9.84. The lowest BCUT2D eigenvalue weighted by Gasteiger charge is -2.36. The zero-order valence-electron chi connectivity index (χ0n) is 30.3. The summed E-state index contributed by atoms with van der Waals surface area (Å²) >= 11 is 0. The van der Waals surface area contributed by atoms with Crippen LogP contribution in [0.1, 0.15) is 74.8 Å². The lowest BCUT2D eigenvalue weighted by Crippen LogP contribution is -2.56. The Labute approximate surface area is 303 Å². The third-order valence-electron chi connectivity index (χ3n) is 9.84. The fourth-order valence-electron chi connectivity index (χ4n) is 6.69. The van der Waals surface area contributed by atoms with E-state index in [1.165, 1.54) is 17.4 Å². The number of pyridine rings is 1. The predicted molar refractivity (Wildman–Crippen MR) is 189 cm³/mol. The number of nitrogens with zero attached hydrogens (tertiary/aromatic N) is 4. The minimum Gasteiger partial charge on any atom is -0.483 e. The number of ether oxygens (including phenoxy) is 3. The van der Waals surface area contributed by atoms with Gasteiger partial charge in [0.25, 0.3) is 11.8 Å². The normalized spacial score (nSPS) is 18.0. The van der Waals surface area contributed by atoms with E-state index >= 15 is 0 Å². The molecule has 1 saturated carbocycles. The molecule has 52 heavy (non-hydrogen) atoms. The number of carbonyl (C=O) groups is 6. The number of hydrogen-bond donors (Lipinski definition) is 2. The van der Waals surface area contributed by atoms with Gasteiger partial charge >= 0.3 is 12.1 Å². The highest BCUT2D eigenvalue weighted by Gasteiger charge is 2.35. The topological polar surface area (TPSA) is 177 Å². The van der Waals surface area contributed by atoms with Gasteiger partial charge in [-0.25, -0.2) is 9.78 Å². The summed E-state index contributed by atoms with van der Waals surface area (Å²) < 4.78 is 16.2. The largest absolute Gasteiger partial charge is 0.483 e. The van der Waals surface area contributed by atoms with Crippen LogP contribution in [-0.4, -0.2) is 127 Å². The average Bonchev–Trinajstić information content (AvgIpc) is 3.61. The Balaban J connectivity index is 1.29. The summed E-state index contributed by atoms with van der Waals surface area (Å²) in [6.45, 7) is 7.41. The number of aromatic nitrogens is 1. The molecule has 1 aromatic carbocycles. The van der Waals surface area contributed by atoms with Gasteiger partial charge in [-0.2, -0.15) is 0 Å². The Bertz CT molecular complexity index is 1640. The van der Waals surface area contributed by atoms with E-state index < -0.39 is 36.0 Å². The van der Waals surface area contributed by atoms with Crippen LogP contribution >= 0.6 is 0 Å². The van der Waals surface area contributed by atoms with E-state index in [0.29, 0.717) is 42.8 Å². The van der Waals surface area contributed by atoms with Crippen molar-refractivity contribution in [2.24, 2.45) is 5.92 Å². The molecular formula is C37H50N6O9. The first-order valence-electron chi connectivity index (χ1n) is 18.4. The van der Waals surface area contributed by atoms with Crippen LogP contribution in [-0.2, 0) is 28.7 Å². The van der Waals surface area contributed by atoms with E-state index in [2.05, 4.69) is 15.6 Å². The molecule has 15 heteroatoms. The van der Waals surface area contributed by atoms with Gasteiger partial charge in [0.1, 0.15) is 23.5 Å². The predicted octanol–water partition coefficient (Wildman–Crippen LogP) is 2.57. The summed E-state index contributed by atoms with van der Waals surface area (Å²) in [7, 11) is 0. The lowest BCUT2D eigenvalue weighted by atomic mass is 9.85. The molecule has 5 rings (SSSR count). The second-order valence-electron chi connectivity index (χ2n) is 13.5. The maximum Gasteiger partial charge on any atom is 0.409 e. The van der Waals surface area contributed by atoms with Crippen molar-refractivity contribution in [1.82, 2.24) is 30.3 Å². The molecule has 5 amide bonds. The van der Waals surface area contributed by atoms with Crippen LogP contribution in [0.3, 0.4) is 0 Å². The number of esters is 1. The van der Waals surface area contributed by atoms with Crippen LogP contribution in [0.5, 0.6) is 5.75 Å². The quantitative estimate of drug-likeness (QED) is 0.276. The van der Waals surface area contributed by atoms with Crippen LogP contribution in [0.15, 0.2) is 24.3 Å². The Hall–Kier alpha value is -4.95. The average molecular weight is 723 g/mol. The number of hydrogen-bond acceptors (Lipinski definition) is 10. The number of aryl methyl sites for hydroxylation is 1. The van der Waals surface area contributed by atoms with Gasteiger partial charge in [-0.05, 0) is 76.5 Å². The molecule has 3 heterocycles. The van der Waals surface area contributed by atoms with Gasteiger partial charge in [-0.3, -0.25) is 24.0 Å². The second kappa shape index (κ2) is 18.0. The fraction of sp³-hybridized carbons (Fsp3) is 0.595. The summed E-state index contributed by atoms with van der Waals surface area (Å²) in [4.78, 5) is 87.5. The maximum atomic E-state index is 13.8. The van der Waals surface area contributed by atoms with E-state index in [1.54, 1.807) is 35.8 Å². The smallest absolute Gasteiger partial charge is 0.409 e. The van der Waals surface area contributed by atoms with E-state index in [0.717, 1.165) is 18.4 Å². The first-order chi connectivity index (χ1) is 25.1. The van der Waals surface area contributed by atoms with E-state index in [1.807, 2.05) is 13.0 Å². The van der Waals surface area contributed by atoms with Crippen molar-refractivity contribution in [3.05, 3.63) is 35.5 Å². The number of carbonyl (C=O) groups excluding carboxylic acids is 6. The zero-order chi connectivity index (χ0) is 37.2. The molecular weight excluding hydrogens is 672 g/mol. The molecule has 2 N–H and O–H groups in total. The van der Waals surface area contributed by atoms with Crippen molar-refractivity contribution in [1.29, 1.82) is 0 Å². The molecule has 1 aromatic heterocycles. The highest BCUT2D eigenvalue weighted by molar-refractivity contribution is 5.99. The Kier molecular flexibility index (Phi) is 13.3. The van der Waals surface area contributed by atoms with Crippen molar-refractivity contribution in [2.45, 2.75) is 77.8 Å². The fourth-order valence-corrected chi connectivity index (χ4v) is 6.69. The van der Waals surface area contributed by atoms with Gasteiger partial charge in [0.15, 0.2) is 6.61 Å². The number of piperazine rings is 1. The monoisotopic (exact) mass is 722 g/mol. The molecule has 15 nitrogen and oxygen atoms in total. The highest BCUT2D eigenvalue weighted by atomic mass is 16.6. The highest BCUT2D eigenvalue weighted by Crippen LogP contribution is 2.28. The van der Waals surface area contributed by atoms with Crippen LogP contribution < -0.4 is 15.4 Å². The number of rotatable bonds is 14. The summed E-state index contributed by atoms with van der Waals surface area (Å²) in [5.41, 5.74) is 1.29. The van der Waals surface area contributed by atoms with Gasteiger partial charge in [-0.1, -0.05) is 12.5 Å². The standard InChI is InChI=1S/C37H50N6O9/c1-4-50-33(45)14-13-27(36(48)41-16-18-42(19-17-41)37(49)51-5-2)40-34(46)29-21-31(26-12-11-24(3)20-28(26)39-29)52-23-32(44)43-15-7-10-30(43)35(47)38-22-25-8-6-9-25/h11-12,20-21,25,27,30H,4-10,13-19,22-23H2,1-3H3,(H,38,47)(H,40,46)/t27-,30-/m0/s1. The summed E-state index contributed by atoms with van der Waals surface area (Å²) in [6.07, 6.45) is 4.13. The first-order valence-corrected chi connectivity index (χ1v) is 18.4. The summed E-state index contributed by atoms with van der Waals surface area (Å²) in [5, 5.41) is 6.36. The SMILES string of the molecule is CCOC(=O)CC[C@H](NC(=O)c1cc(OCC(=O)N2CCC[C@H]2C(=O)NCC2CCC2)c2ccc(C)cc2n1)C(=O)N1CCN(C(=O)OCC)CC1. The van der Waals surface area contributed by atoms with Gasteiger partial charge in [0.05, 0.1) is 18.7 Å². The summed E-state index contributed by atoms with van der Waals surface area (Å²) in [6, 6.07) is 5.25. The van der Waals surface area contributed by atoms with Gasteiger partial charge in [0, 0.05) is 57.1 Å². The Morgan fingerprint density at radius 3 is 2.33 bits per heavy atom. The third kappa shape index (κ3) is 9.68. The Morgan fingerprint density at radius 1 is 0.904 bits per heavy atom. The molecule has 3 fully saturated rings. The minimum absolute atomic E-state index is 0.0166. The van der Waals surface area contributed by atoms with Crippen molar-refractivity contribution >= 4 is 46.6 Å². The molecule has 3 aliphatic rings. The van der Waals surface area contributed by atoms with Crippen LogP contribution in [0.2, 0.25) is 0 Å². The van der Waals surface area contributed by atoms with Gasteiger partial charge in [-0.15, -0.1) is 0 Å². The number of benzene rings is 1. The van der Waals surface area contributed by atoms with Gasteiger partial charge in [0.2, 0.25) is 11.8 Å². The molecule has 2 aromatic rings. The number of fused-ring (bicyclic) bond motifs is 1. The second-order valence-corrected chi connectivity index (χ2v) is 13.5. The van der Waals surface area contributed by atoms with Crippen molar-refractivity contribution in [3.63, 3.8) is 0 Å². The zero-order valence-corrected chi connectivity index (χ0v) is 30.3. The van der Waals surface area contributed by atoms with Crippen LogP contribution in [0.25, 0.3) is 10.9 Å². The number of amides is 5. The van der Waals surface area contributed by atoms with E-state index in [4.69, 9.17) is 14.2 Å². The molecule has 0 bridgehead atoms. The Morgan fingerprint density at radius 2 is 1.63 bits per heavy atom. The van der Waals surface area contributed by atoms with Crippen molar-refractivity contribution in [2.75, 3.05) is 59.1 Å². The molecule has 2 saturated heterocycles. The molecule has 1 aliphatic carbocycles. The molecule has 0 radical (unpaired) electrons. The van der Waals surface area contributed by atoms with E-state index in [9.17, 15) is 28.8 Å². The molecule has 282 valence electrons. The van der Waals surface area contributed by atoms with Crippen LogP contribution in [0.4, 0.5) is 4.79 Å². The summed E-state index contributed by atoms with van der Waals surface area (Å²) in [5.74, 6) is -1.30. The van der Waals surface area contributed by atoms with Crippen LogP contribution in [0, 0.1) is 12.8 Å². The number of likely N-dealkylation sites (tertiary alicyclic amines) is 1. The first kappa shape index (κ1) is 38.3. The van der Waals surface area contributed by atoms with Crippen molar-refractivity contribution < 1.29 is 43.0 Å². The molecule has 0 unspecified atom stereocenters. The molecule has 2 atom stereocenters. The maximum absolute atomic E-state index is 13.8. The van der Waals surface area contributed by atoms with E-state index in [-0.39, 0.29) is 82.1 Å². The number of nitrogens with one attached hydrogen (secondary N) is 2. The van der Waals surface area contributed by atoms with Gasteiger partial charge < -0.3 is 39.5 Å². The molecule has 0 spiro atoms.